The molecular formula is C53H45N7O7. The third-order valence-electron chi connectivity index (χ3n) is 13.1. The molecule has 10 rings (SSSR count). The molecule has 3 aliphatic rings. The fourth-order valence-electron chi connectivity index (χ4n) is 10.3. The van der Waals surface area contributed by atoms with Crippen LogP contribution in [-0.4, -0.2) is 68.1 Å². The molecule has 0 radical (unpaired) electrons. The lowest BCUT2D eigenvalue weighted by molar-refractivity contribution is -0.178. The maximum absolute atomic E-state index is 16.4. The SMILES string of the molecule is C[C@@H](NC(=O)N1C(=O)[C@@]2(c3cc(C#CCn4nnc5ccccc54)ccc31)[C@H](C(N)=O)[C@H]1C(=O)O[C@H](c3ccccc3)[C@H](c3ccccc3)N1[C@@H]2c1ccccc1OCCO)c1ccccc1. The van der Waals surface area contributed by atoms with E-state index >= 15 is 9.59 Å². The fraction of sp³-hybridized carbons (Fsp3) is 0.208. The summed E-state index contributed by atoms with van der Waals surface area (Å²) in [7, 11) is 0. The van der Waals surface area contributed by atoms with Crippen LogP contribution in [0, 0.1) is 17.8 Å². The molecule has 2 fully saturated rings. The number of aromatic nitrogens is 3. The van der Waals surface area contributed by atoms with Crippen molar-refractivity contribution in [3.05, 3.63) is 191 Å². The molecule has 0 saturated carbocycles. The molecule has 14 nitrogen and oxygen atoms in total. The lowest BCUT2D eigenvalue weighted by Crippen LogP contribution is -2.55. The Kier molecular flexibility index (Phi) is 11.3. The van der Waals surface area contributed by atoms with Crippen molar-refractivity contribution < 1.29 is 33.8 Å². The standard InChI is InChI=1S/C53H45N7O7/c1-33(35-17-5-2-6-18-35)55-52(65)59-41-28-27-34(16-15-29-58-42-25-13-12-24-40(42)56-57-58)32-39(41)53(51(59)64)44(49(54)62)46-50(63)67-47(37-21-9-4-10-22-37)45(36-19-7-3-8-20-36)60(46)48(53)38-23-11-14-26-43(38)66-31-30-61/h2-14,17-28,32-33,44-48,61H,29-31H2,1H3,(H2,54,62)(H,55,65)/t33-,44+,45+,46+,47-,48-,53+/m1/s1. The van der Waals surface area contributed by atoms with E-state index in [4.69, 9.17) is 15.2 Å². The van der Waals surface area contributed by atoms with Crippen molar-refractivity contribution in [1.29, 1.82) is 0 Å². The van der Waals surface area contributed by atoms with Gasteiger partial charge in [0.2, 0.25) is 11.8 Å². The zero-order valence-electron chi connectivity index (χ0n) is 36.3. The number of amides is 4. The van der Waals surface area contributed by atoms with Gasteiger partial charge in [-0.2, -0.15) is 0 Å². The minimum absolute atomic E-state index is 0.104. The minimum Gasteiger partial charge on any atom is -0.491 e. The molecule has 334 valence electrons. The summed E-state index contributed by atoms with van der Waals surface area (Å²) in [5.41, 5.74) is 9.51. The molecule has 14 heteroatoms. The number of morpholine rings is 1. The van der Waals surface area contributed by atoms with Crippen molar-refractivity contribution in [3.63, 3.8) is 0 Å². The average Bonchev–Trinajstić information content (AvgIpc) is 4.00. The highest BCUT2D eigenvalue weighted by atomic mass is 16.6. The third kappa shape index (κ3) is 7.25. The first kappa shape index (κ1) is 42.8. The topological polar surface area (TPSA) is 182 Å². The number of primary amides is 1. The number of nitrogens with one attached hydrogen (secondary N) is 1. The number of imide groups is 1. The summed E-state index contributed by atoms with van der Waals surface area (Å²) in [5, 5.41) is 21.6. The number of rotatable bonds is 10. The second kappa shape index (κ2) is 17.7. The van der Waals surface area contributed by atoms with Gasteiger partial charge in [0, 0.05) is 11.1 Å². The Bertz CT molecular complexity index is 3080. The molecule has 0 unspecified atom stereocenters. The maximum atomic E-state index is 16.4. The van der Waals surface area contributed by atoms with E-state index in [2.05, 4.69) is 27.5 Å². The molecule has 4 amide bonds. The molecule has 1 aromatic heterocycles. The molecule has 4 heterocycles. The number of nitrogens with zero attached hydrogens (tertiary/aromatic N) is 5. The van der Waals surface area contributed by atoms with Gasteiger partial charge in [-0.1, -0.05) is 138 Å². The van der Waals surface area contributed by atoms with E-state index in [0.717, 1.165) is 21.5 Å². The first-order chi connectivity index (χ1) is 32.7. The summed E-state index contributed by atoms with van der Waals surface area (Å²) in [6.45, 7) is 1.56. The quantitative estimate of drug-likeness (QED) is 0.102. The number of aliphatic hydroxyl groups excluding tert-OH is 1. The van der Waals surface area contributed by atoms with Gasteiger partial charge in [-0.3, -0.25) is 19.3 Å². The largest absolute Gasteiger partial charge is 0.491 e. The van der Waals surface area contributed by atoms with Gasteiger partial charge in [-0.25, -0.2) is 14.4 Å². The zero-order valence-corrected chi connectivity index (χ0v) is 36.3. The predicted octanol–water partition coefficient (Wildman–Crippen LogP) is 6.48. The van der Waals surface area contributed by atoms with E-state index in [-0.39, 0.29) is 36.8 Å². The van der Waals surface area contributed by atoms with Gasteiger partial charge < -0.3 is 25.6 Å². The summed E-state index contributed by atoms with van der Waals surface area (Å²) in [5.74, 6) is 2.58. The predicted molar refractivity (Wildman–Crippen MR) is 248 cm³/mol. The number of hydrogen-bond acceptors (Lipinski definition) is 10. The van der Waals surface area contributed by atoms with Gasteiger partial charge in [0.15, 0.2) is 0 Å². The summed E-state index contributed by atoms with van der Waals surface area (Å²) in [4.78, 5) is 64.0. The van der Waals surface area contributed by atoms with E-state index in [1.165, 1.54) is 0 Å². The van der Waals surface area contributed by atoms with Crippen LogP contribution in [0.25, 0.3) is 11.0 Å². The van der Waals surface area contributed by atoms with E-state index in [9.17, 15) is 14.7 Å². The fourth-order valence-corrected chi connectivity index (χ4v) is 10.3. The average molecular weight is 892 g/mol. The first-order valence-electron chi connectivity index (χ1n) is 22.0. The molecule has 3 aliphatic heterocycles. The second-order valence-corrected chi connectivity index (χ2v) is 16.8. The highest BCUT2D eigenvalue weighted by Crippen LogP contribution is 2.66. The van der Waals surface area contributed by atoms with Gasteiger partial charge in [-0.05, 0) is 65.6 Å². The number of benzene rings is 6. The number of hydrogen-bond donors (Lipinski definition) is 3. The van der Waals surface area contributed by atoms with Crippen LogP contribution in [0.4, 0.5) is 10.5 Å². The molecule has 7 atom stereocenters. The molecule has 67 heavy (non-hydrogen) atoms. The van der Waals surface area contributed by atoms with E-state index in [0.29, 0.717) is 22.2 Å². The Morgan fingerprint density at radius 2 is 1.52 bits per heavy atom. The van der Waals surface area contributed by atoms with Crippen molar-refractivity contribution in [1.82, 2.24) is 25.2 Å². The summed E-state index contributed by atoms with van der Waals surface area (Å²) < 4.78 is 14.4. The molecule has 0 bridgehead atoms. The van der Waals surface area contributed by atoms with Crippen molar-refractivity contribution in [3.8, 4) is 17.6 Å². The highest BCUT2D eigenvalue weighted by Gasteiger charge is 2.75. The van der Waals surface area contributed by atoms with Crippen molar-refractivity contribution in [2.45, 2.75) is 49.2 Å². The lowest BCUT2D eigenvalue weighted by Gasteiger charge is -2.46. The number of para-hydroxylation sites is 2. The summed E-state index contributed by atoms with van der Waals surface area (Å²) in [6, 6.07) is 42.9. The highest BCUT2D eigenvalue weighted by molar-refractivity contribution is 6.24. The van der Waals surface area contributed by atoms with E-state index in [1.807, 2.05) is 127 Å². The molecule has 2 saturated heterocycles. The number of carbonyl (C=O) groups excluding carboxylic acids is 4. The Hall–Kier alpha value is -8.12. The number of fused-ring (bicyclic) bond motifs is 4. The van der Waals surface area contributed by atoms with Crippen LogP contribution in [0.3, 0.4) is 0 Å². The van der Waals surface area contributed by atoms with Crippen molar-refractivity contribution in [2.24, 2.45) is 11.7 Å². The van der Waals surface area contributed by atoms with Gasteiger partial charge >= 0.3 is 12.0 Å². The van der Waals surface area contributed by atoms with Crippen molar-refractivity contribution >= 4 is 40.5 Å². The smallest absolute Gasteiger partial charge is 0.329 e. The number of nitrogens with two attached hydrogens (primary N) is 1. The number of aliphatic hydroxyl groups is 1. The molecule has 0 aliphatic carbocycles. The van der Waals surface area contributed by atoms with Crippen LogP contribution in [-0.2, 0) is 31.1 Å². The number of urea groups is 1. The number of esters is 1. The second-order valence-electron chi connectivity index (χ2n) is 16.8. The molecule has 1 spiro atoms. The Morgan fingerprint density at radius 1 is 0.851 bits per heavy atom. The zero-order chi connectivity index (χ0) is 46.2. The number of cyclic esters (lactones) is 1. The van der Waals surface area contributed by atoms with E-state index < -0.39 is 65.4 Å². The van der Waals surface area contributed by atoms with E-state index in [1.54, 1.807) is 47.1 Å². The maximum Gasteiger partial charge on any atom is 0.329 e. The summed E-state index contributed by atoms with van der Waals surface area (Å²) >= 11 is 0. The van der Waals surface area contributed by atoms with Crippen LogP contribution in [0.2, 0.25) is 0 Å². The van der Waals surface area contributed by atoms with Crippen LogP contribution < -0.4 is 20.7 Å². The number of ether oxygens (including phenoxy) is 2. The van der Waals surface area contributed by atoms with Crippen LogP contribution in [0.15, 0.2) is 158 Å². The lowest BCUT2D eigenvalue weighted by atomic mass is 9.65. The molecule has 6 aromatic carbocycles. The Labute approximate surface area is 385 Å². The van der Waals surface area contributed by atoms with Gasteiger partial charge in [0.1, 0.15) is 42.0 Å². The van der Waals surface area contributed by atoms with Crippen LogP contribution >= 0.6 is 0 Å². The number of carbonyl (C=O) groups is 4. The first-order valence-corrected chi connectivity index (χ1v) is 22.0. The summed E-state index contributed by atoms with van der Waals surface area (Å²) in [6.07, 6.45) is -0.934. The van der Waals surface area contributed by atoms with Gasteiger partial charge in [0.25, 0.3) is 0 Å². The molecule has 4 N–H and O–H groups in total. The minimum atomic E-state index is -2.09. The monoisotopic (exact) mass is 891 g/mol. The van der Waals surface area contributed by atoms with Crippen LogP contribution in [0.5, 0.6) is 5.75 Å². The van der Waals surface area contributed by atoms with Crippen molar-refractivity contribution in [2.75, 3.05) is 18.1 Å². The normalized spacial score (nSPS) is 22.4. The van der Waals surface area contributed by atoms with Crippen LogP contribution in [0.1, 0.15) is 64.5 Å². The Balaban J connectivity index is 1.23. The molecule has 7 aromatic rings. The Morgan fingerprint density at radius 3 is 2.25 bits per heavy atom. The third-order valence-corrected chi connectivity index (χ3v) is 13.1. The number of anilines is 1. The van der Waals surface area contributed by atoms with Gasteiger partial charge in [0.05, 0.1) is 41.9 Å². The van der Waals surface area contributed by atoms with Gasteiger partial charge in [-0.15, -0.1) is 5.10 Å². The molecular weight excluding hydrogens is 847 g/mol.